The van der Waals surface area contributed by atoms with Crippen molar-refractivity contribution in [3.8, 4) is 0 Å². The van der Waals surface area contributed by atoms with Gasteiger partial charge in [-0.2, -0.15) is 0 Å². The van der Waals surface area contributed by atoms with Crippen molar-refractivity contribution in [1.29, 1.82) is 0 Å². The standard InChI is InChI=1S/C16H21ClN2O4/c1-15(2,3)23-14(22)18-7-6-16(13(20)21)9-10-4-5-11(17)8-12(10)19-16/h4-5,8,19H,6-7,9H2,1-3H3,(H,18,22)(H,20,21). The molecule has 0 aromatic heterocycles. The van der Waals surface area contributed by atoms with E-state index in [2.05, 4.69) is 10.6 Å². The van der Waals surface area contributed by atoms with Gasteiger partial charge in [0.05, 0.1) is 0 Å². The minimum atomic E-state index is -1.15. The Morgan fingerprint density at radius 2 is 2.13 bits per heavy atom. The molecule has 0 bridgehead atoms. The van der Waals surface area contributed by atoms with Crippen LogP contribution in [0.4, 0.5) is 10.5 Å². The molecule has 1 aliphatic heterocycles. The Labute approximate surface area is 140 Å². The fourth-order valence-electron chi connectivity index (χ4n) is 2.53. The zero-order valence-corrected chi connectivity index (χ0v) is 14.2. The number of rotatable bonds is 4. The molecular weight excluding hydrogens is 320 g/mol. The number of carboxylic acids is 1. The first-order valence-electron chi connectivity index (χ1n) is 7.38. The number of anilines is 1. The van der Waals surface area contributed by atoms with Crippen LogP contribution >= 0.6 is 11.6 Å². The molecule has 1 heterocycles. The lowest BCUT2D eigenvalue weighted by molar-refractivity contribution is -0.142. The number of nitrogens with one attached hydrogen (secondary N) is 2. The van der Waals surface area contributed by atoms with Crippen molar-refractivity contribution in [2.24, 2.45) is 0 Å². The number of benzene rings is 1. The predicted octanol–water partition coefficient (Wildman–Crippen LogP) is 3.05. The average Bonchev–Trinajstić information content (AvgIpc) is 2.75. The fraction of sp³-hybridized carbons (Fsp3) is 0.500. The molecular formula is C16H21ClN2O4. The first-order valence-corrected chi connectivity index (χ1v) is 7.76. The second-order valence-corrected chi connectivity index (χ2v) is 7.11. The van der Waals surface area contributed by atoms with Gasteiger partial charge in [0, 0.05) is 23.7 Å². The fourth-order valence-corrected chi connectivity index (χ4v) is 2.70. The van der Waals surface area contributed by atoms with Crippen LogP contribution in [-0.2, 0) is 16.0 Å². The van der Waals surface area contributed by atoms with Crippen LogP contribution in [0, 0.1) is 0 Å². The SMILES string of the molecule is CC(C)(C)OC(=O)NCCC1(C(=O)O)Cc2ccc(Cl)cc2N1. The minimum absolute atomic E-state index is 0.190. The van der Waals surface area contributed by atoms with E-state index in [1.807, 2.05) is 6.07 Å². The van der Waals surface area contributed by atoms with E-state index in [0.29, 0.717) is 11.4 Å². The third kappa shape index (κ3) is 4.28. The Balaban J connectivity index is 1.99. The van der Waals surface area contributed by atoms with E-state index in [0.717, 1.165) is 11.3 Å². The smallest absolute Gasteiger partial charge is 0.407 e. The van der Waals surface area contributed by atoms with Crippen molar-refractivity contribution < 1.29 is 19.4 Å². The molecule has 1 atom stereocenters. The highest BCUT2D eigenvalue weighted by atomic mass is 35.5. The number of hydrogen-bond donors (Lipinski definition) is 3. The highest BCUT2D eigenvalue weighted by Crippen LogP contribution is 2.36. The van der Waals surface area contributed by atoms with E-state index in [9.17, 15) is 14.7 Å². The number of halogens is 1. The Morgan fingerprint density at radius 3 is 2.74 bits per heavy atom. The summed E-state index contributed by atoms with van der Waals surface area (Å²) in [4.78, 5) is 23.4. The highest BCUT2D eigenvalue weighted by molar-refractivity contribution is 6.30. The second kappa shape index (κ2) is 6.28. The van der Waals surface area contributed by atoms with Gasteiger partial charge in [0.1, 0.15) is 11.1 Å². The summed E-state index contributed by atoms with van der Waals surface area (Å²) >= 11 is 5.94. The van der Waals surface area contributed by atoms with Crippen LogP contribution < -0.4 is 10.6 Å². The first kappa shape index (κ1) is 17.4. The number of fused-ring (bicyclic) bond motifs is 1. The van der Waals surface area contributed by atoms with Crippen molar-refractivity contribution in [3.05, 3.63) is 28.8 Å². The van der Waals surface area contributed by atoms with Crippen molar-refractivity contribution in [2.75, 3.05) is 11.9 Å². The van der Waals surface area contributed by atoms with Gasteiger partial charge >= 0.3 is 12.1 Å². The summed E-state index contributed by atoms with van der Waals surface area (Å²) < 4.78 is 5.14. The molecule has 7 heteroatoms. The molecule has 0 radical (unpaired) electrons. The van der Waals surface area contributed by atoms with Crippen molar-refractivity contribution in [3.63, 3.8) is 0 Å². The van der Waals surface area contributed by atoms with Gasteiger partial charge in [-0.25, -0.2) is 9.59 Å². The van der Waals surface area contributed by atoms with Gasteiger partial charge in [0.2, 0.25) is 0 Å². The number of ether oxygens (including phenoxy) is 1. The van der Waals surface area contributed by atoms with Crippen molar-refractivity contribution >= 4 is 29.4 Å². The maximum Gasteiger partial charge on any atom is 0.407 e. The number of carbonyl (C=O) groups is 2. The molecule has 3 N–H and O–H groups in total. The van der Waals surface area contributed by atoms with Crippen molar-refractivity contribution in [1.82, 2.24) is 5.32 Å². The van der Waals surface area contributed by atoms with E-state index < -0.39 is 23.2 Å². The van der Waals surface area contributed by atoms with Crippen LogP contribution in [0.2, 0.25) is 5.02 Å². The maximum atomic E-state index is 11.7. The van der Waals surface area contributed by atoms with Gasteiger partial charge in [-0.1, -0.05) is 17.7 Å². The zero-order valence-electron chi connectivity index (χ0n) is 13.4. The lowest BCUT2D eigenvalue weighted by atomic mass is 9.91. The topological polar surface area (TPSA) is 87.7 Å². The van der Waals surface area contributed by atoms with E-state index in [1.165, 1.54) is 0 Å². The quantitative estimate of drug-likeness (QED) is 0.784. The third-order valence-electron chi connectivity index (χ3n) is 3.57. The third-order valence-corrected chi connectivity index (χ3v) is 3.80. The summed E-state index contributed by atoms with van der Waals surface area (Å²) in [5.41, 5.74) is -0.124. The Kier molecular flexibility index (Phi) is 4.75. The highest BCUT2D eigenvalue weighted by Gasteiger charge is 2.43. The van der Waals surface area contributed by atoms with E-state index in [-0.39, 0.29) is 13.0 Å². The van der Waals surface area contributed by atoms with Crippen LogP contribution in [0.1, 0.15) is 32.8 Å². The molecule has 0 aliphatic carbocycles. The molecule has 23 heavy (non-hydrogen) atoms. The van der Waals surface area contributed by atoms with Crippen LogP contribution in [0.15, 0.2) is 18.2 Å². The number of amides is 1. The lowest BCUT2D eigenvalue weighted by Crippen LogP contribution is -2.47. The molecule has 0 saturated carbocycles. The van der Waals surface area contributed by atoms with Gasteiger partial charge in [-0.15, -0.1) is 0 Å². The summed E-state index contributed by atoms with van der Waals surface area (Å²) in [5.74, 6) is -0.962. The van der Waals surface area contributed by atoms with Gasteiger partial charge in [-0.3, -0.25) is 0 Å². The summed E-state index contributed by atoms with van der Waals surface area (Å²) in [6.07, 6.45) is 0.00945. The monoisotopic (exact) mass is 340 g/mol. The molecule has 1 amide bonds. The van der Waals surface area contributed by atoms with E-state index in [1.54, 1.807) is 32.9 Å². The summed E-state index contributed by atoms with van der Waals surface area (Å²) in [7, 11) is 0. The molecule has 126 valence electrons. The van der Waals surface area contributed by atoms with Gasteiger partial charge in [0.25, 0.3) is 0 Å². The predicted molar refractivity (Wildman–Crippen MR) is 88.0 cm³/mol. The molecule has 0 spiro atoms. The number of carboxylic acid groups (broad SMARTS) is 1. The number of alkyl carbamates (subject to hydrolysis) is 1. The summed E-state index contributed by atoms with van der Waals surface area (Å²) in [6, 6.07) is 5.26. The van der Waals surface area contributed by atoms with E-state index in [4.69, 9.17) is 16.3 Å². The average molecular weight is 341 g/mol. The van der Waals surface area contributed by atoms with Crippen LogP contribution in [0.25, 0.3) is 0 Å². The number of hydrogen-bond acceptors (Lipinski definition) is 4. The first-order chi connectivity index (χ1) is 10.6. The number of carbonyl (C=O) groups excluding carboxylic acids is 1. The van der Waals surface area contributed by atoms with Crippen LogP contribution in [-0.4, -0.2) is 34.9 Å². The Hall–Kier alpha value is -1.95. The minimum Gasteiger partial charge on any atom is -0.479 e. The zero-order chi connectivity index (χ0) is 17.3. The molecule has 1 aromatic rings. The largest absolute Gasteiger partial charge is 0.479 e. The number of aliphatic carboxylic acids is 1. The Bertz CT molecular complexity index is 627. The van der Waals surface area contributed by atoms with Crippen molar-refractivity contribution in [2.45, 2.75) is 44.8 Å². The normalized spacial score (nSPS) is 19.7. The molecule has 1 aromatic carbocycles. The molecule has 2 rings (SSSR count). The maximum absolute atomic E-state index is 11.7. The molecule has 0 saturated heterocycles. The molecule has 6 nitrogen and oxygen atoms in total. The van der Waals surface area contributed by atoms with Crippen LogP contribution in [0.5, 0.6) is 0 Å². The summed E-state index contributed by atoms with van der Waals surface area (Å²) in [6.45, 7) is 5.49. The summed E-state index contributed by atoms with van der Waals surface area (Å²) in [5, 5.41) is 15.8. The van der Waals surface area contributed by atoms with E-state index >= 15 is 0 Å². The molecule has 1 unspecified atom stereocenters. The van der Waals surface area contributed by atoms with Gasteiger partial charge < -0.3 is 20.5 Å². The van der Waals surface area contributed by atoms with Gasteiger partial charge in [0.15, 0.2) is 0 Å². The lowest BCUT2D eigenvalue weighted by Gasteiger charge is -2.26. The Morgan fingerprint density at radius 1 is 1.43 bits per heavy atom. The van der Waals surface area contributed by atoms with Gasteiger partial charge in [-0.05, 0) is 44.9 Å². The van der Waals surface area contributed by atoms with Crippen LogP contribution in [0.3, 0.4) is 0 Å². The molecule has 1 aliphatic rings. The second-order valence-electron chi connectivity index (χ2n) is 6.67. The molecule has 0 fully saturated rings.